The number of benzene rings is 1. The topological polar surface area (TPSA) is 93.5 Å². The molecule has 1 fully saturated rings. The fourth-order valence-electron chi connectivity index (χ4n) is 2.51. The molecule has 0 atom stereocenters. The van der Waals surface area contributed by atoms with Crippen molar-refractivity contribution < 1.29 is 14.5 Å². The minimum atomic E-state index is -0.498. The summed E-state index contributed by atoms with van der Waals surface area (Å²) >= 11 is 0. The van der Waals surface area contributed by atoms with Gasteiger partial charge in [-0.2, -0.15) is 0 Å². The zero-order valence-electron chi connectivity index (χ0n) is 13.9. The van der Waals surface area contributed by atoms with Gasteiger partial charge in [-0.3, -0.25) is 10.1 Å². The van der Waals surface area contributed by atoms with E-state index in [9.17, 15) is 14.9 Å². The summed E-state index contributed by atoms with van der Waals surface area (Å²) in [6.07, 6.45) is 1.21. The van der Waals surface area contributed by atoms with E-state index < -0.39 is 11.7 Å². The normalized spacial score (nSPS) is 20.3. The average molecular weight is 321 g/mol. The number of alkyl carbamates (subject to hydrolysis) is 1. The molecule has 1 aromatic rings. The van der Waals surface area contributed by atoms with Gasteiger partial charge in [0.2, 0.25) is 0 Å². The number of carbonyl (C=O) groups excluding carboxylic acids is 1. The monoisotopic (exact) mass is 321 g/mol. The van der Waals surface area contributed by atoms with Gasteiger partial charge in [-0.25, -0.2) is 4.79 Å². The number of nitro groups is 1. The van der Waals surface area contributed by atoms with Crippen LogP contribution in [0.2, 0.25) is 0 Å². The Bertz CT molecular complexity index is 604. The van der Waals surface area contributed by atoms with E-state index in [-0.39, 0.29) is 22.7 Å². The van der Waals surface area contributed by atoms with E-state index >= 15 is 0 Å². The summed E-state index contributed by atoms with van der Waals surface area (Å²) in [6, 6.07) is 5.33. The molecule has 126 valence electrons. The summed E-state index contributed by atoms with van der Waals surface area (Å²) in [5.41, 5.74) is 1.10. The van der Waals surface area contributed by atoms with Crippen molar-refractivity contribution in [1.29, 1.82) is 0 Å². The van der Waals surface area contributed by atoms with Crippen LogP contribution >= 0.6 is 0 Å². The fraction of sp³-hybridized carbons (Fsp3) is 0.562. The quantitative estimate of drug-likeness (QED) is 0.655. The van der Waals surface area contributed by atoms with Crippen LogP contribution in [0, 0.1) is 17.0 Å². The van der Waals surface area contributed by atoms with Gasteiger partial charge in [0.05, 0.1) is 4.92 Å². The standard InChI is InChI=1S/C16H23N3O4/c1-10-7-11(5-6-14(10)19(21)22)17-12-8-13(9-12)18-15(20)23-16(2,3)4/h5-7,12-13,17H,8-9H2,1-4H3,(H,18,20). The van der Waals surface area contributed by atoms with Gasteiger partial charge in [0.1, 0.15) is 5.60 Å². The maximum atomic E-state index is 11.7. The molecule has 23 heavy (non-hydrogen) atoms. The number of hydrogen-bond acceptors (Lipinski definition) is 5. The van der Waals surface area contributed by atoms with Crippen LogP contribution in [0.1, 0.15) is 39.2 Å². The van der Waals surface area contributed by atoms with E-state index in [1.165, 1.54) is 6.07 Å². The third-order valence-electron chi connectivity index (χ3n) is 3.62. The number of rotatable bonds is 4. The van der Waals surface area contributed by atoms with Crippen LogP contribution in [-0.4, -0.2) is 28.7 Å². The molecule has 0 aromatic heterocycles. The van der Waals surface area contributed by atoms with Crippen molar-refractivity contribution in [3.63, 3.8) is 0 Å². The highest BCUT2D eigenvalue weighted by Gasteiger charge is 2.31. The van der Waals surface area contributed by atoms with Crippen molar-refractivity contribution in [1.82, 2.24) is 5.32 Å². The molecule has 1 amide bonds. The molecule has 7 heteroatoms. The highest BCUT2D eigenvalue weighted by molar-refractivity contribution is 5.68. The Kier molecular flexibility index (Phi) is 4.77. The van der Waals surface area contributed by atoms with Gasteiger partial charge in [0, 0.05) is 29.4 Å². The van der Waals surface area contributed by atoms with Gasteiger partial charge in [0.25, 0.3) is 5.69 Å². The zero-order valence-corrected chi connectivity index (χ0v) is 13.9. The number of nitrogens with one attached hydrogen (secondary N) is 2. The van der Waals surface area contributed by atoms with E-state index in [1.807, 2.05) is 20.8 Å². The smallest absolute Gasteiger partial charge is 0.407 e. The van der Waals surface area contributed by atoms with Crippen molar-refractivity contribution in [2.24, 2.45) is 0 Å². The van der Waals surface area contributed by atoms with Gasteiger partial charge in [0.15, 0.2) is 0 Å². The molecular formula is C16H23N3O4. The predicted octanol–water partition coefficient (Wildman–Crippen LogP) is 3.37. The van der Waals surface area contributed by atoms with Crippen molar-refractivity contribution in [2.45, 2.75) is 58.2 Å². The molecule has 0 unspecified atom stereocenters. The largest absolute Gasteiger partial charge is 0.444 e. The Hall–Kier alpha value is -2.31. The minimum absolute atomic E-state index is 0.0986. The molecule has 0 radical (unpaired) electrons. The maximum Gasteiger partial charge on any atom is 0.407 e. The SMILES string of the molecule is Cc1cc(NC2CC(NC(=O)OC(C)(C)C)C2)ccc1[N+](=O)[O-]. The lowest BCUT2D eigenvalue weighted by molar-refractivity contribution is -0.385. The van der Waals surface area contributed by atoms with Crippen LogP contribution < -0.4 is 10.6 Å². The number of nitro benzene ring substituents is 1. The summed E-state index contributed by atoms with van der Waals surface area (Å²) in [4.78, 5) is 22.1. The molecule has 7 nitrogen and oxygen atoms in total. The van der Waals surface area contributed by atoms with Crippen LogP contribution in [-0.2, 0) is 4.74 Å². The van der Waals surface area contributed by atoms with Gasteiger partial charge in [-0.05, 0) is 52.7 Å². The summed E-state index contributed by atoms with van der Waals surface area (Å²) in [5, 5.41) is 17.0. The number of amides is 1. The summed E-state index contributed by atoms with van der Waals surface area (Å²) in [5.74, 6) is 0. The first-order valence-corrected chi connectivity index (χ1v) is 7.65. The Morgan fingerprint density at radius 3 is 2.48 bits per heavy atom. The second-order valence-corrected chi connectivity index (χ2v) is 6.91. The number of anilines is 1. The van der Waals surface area contributed by atoms with E-state index in [0.29, 0.717) is 5.56 Å². The second kappa shape index (κ2) is 6.44. The Balaban J connectivity index is 1.79. The second-order valence-electron chi connectivity index (χ2n) is 6.91. The highest BCUT2D eigenvalue weighted by atomic mass is 16.6. The van der Waals surface area contributed by atoms with Gasteiger partial charge in [-0.15, -0.1) is 0 Å². The lowest BCUT2D eigenvalue weighted by Gasteiger charge is -2.37. The number of hydrogen-bond donors (Lipinski definition) is 2. The molecule has 1 aliphatic rings. The van der Waals surface area contributed by atoms with E-state index in [4.69, 9.17) is 4.74 Å². The molecule has 0 bridgehead atoms. The Morgan fingerprint density at radius 1 is 1.30 bits per heavy atom. The maximum absolute atomic E-state index is 11.7. The number of aryl methyl sites for hydroxylation is 1. The Labute approximate surface area is 135 Å². The molecule has 2 N–H and O–H groups in total. The number of ether oxygens (including phenoxy) is 1. The van der Waals surface area contributed by atoms with Crippen LogP contribution in [0.3, 0.4) is 0 Å². The molecule has 1 aromatic carbocycles. The van der Waals surface area contributed by atoms with Crippen LogP contribution in [0.5, 0.6) is 0 Å². The molecule has 0 saturated heterocycles. The predicted molar refractivity (Wildman–Crippen MR) is 87.6 cm³/mol. The minimum Gasteiger partial charge on any atom is -0.444 e. The van der Waals surface area contributed by atoms with Crippen molar-refractivity contribution in [2.75, 3.05) is 5.32 Å². The highest BCUT2D eigenvalue weighted by Crippen LogP contribution is 2.27. The van der Waals surface area contributed by atoms with Gasteiger partial charge in [-0.1, -0.05) is 0 Å². The van der Waals surface area contributed by atoms with Crippen LogP contribution in [0.15, 0.2) is 18.2 Å². The average Bonchev–Trinajstić information content (AvgIpc) is 2.33. The molecule has 2 rings (SSSR count). The first-order chi connectivity index (χ1) is 10.6. The summed E-state index contributed by atoms with van der Waals surface area (Å²) in [6.45, 7) is 7.20. The van der Waals surface area contributed by atoms with Crippen molar-refractivity contribution in [3.05, 3.63) is 33.9 Å². The third kappa shape index (κ3) is 4.84. The molecule has 0 heterocycles. The first-order valence-electron chi connectivity index (χ1n) is 7.65. The Morgan fingerprint density at radius 2 is 1.96 bits per heavy atom. The molecule has 0 spiro atoms. The zero-order chi connectivity index (χ0) is 17.2. The number of carbonyl (C=O) groups is 1. The third-order valence-corrected chi connectivity index (χ3v) is 3.62. The lowest BCUT2D eigenvalue weighted by atomic mass is 9.86. The van der Waals surface area contributed by atoms with Gasteiger partial charge >= 0.3 is 6.09 Å². The van der Waals surface area contributed by atoms with Crippen molar-refractivity contribution >= 4 is 17.5 Å². The summed E-state index contributed by atoms with van der Waals surface area (Å²) < 4.78 is 5.21. The molecule has 0 aliphatic heterocycles. The summed E-state index contributed by atoms with van der Waals surface area (Å²) in [7, 11) is 0. The lowest BCUT2D eigenvalue weighted by Crippen LogP contribution is -2.50. The van der Waals surface area contributed by atoms with Crippen LogP contribution in [0.4, 0.5) is 16.2 Å². The fourth-order valence-corrected chi connectivity index (χ4v) is 2.51. The van der Waals surface area contributed by atoms with Gasteiger partial charge < -0.3 is 15.4 Å². The molecule has 1 aliphatic carbocycles. The number of nitrogens with zero attached hydrogens (tertiary/aromatic N) is 1. The first kappa shape index (κ1) is 17.1. The van der Waals surface area contributed by atoms with E-state index in [1.54, 1.807) is 19.1 Å². The van der Waals surface area contributed by atoms with E-state index in [0.717, 1.165) is 18.5 Å². The van der Waals surface area contributed by atoms with Crippen LogP contribution in [0.25, 0.3) is 0 Å². The molecular weight excluding hydrogens is 298 g/mol. The van der Waals surface area contributed by atoms with E-state index in [2.05, 4.69) is 10.6 Å². The van der Waals surface area contributed by atoms with Crippen molar-refractivity contribution in [3.8, 4) is 0 Å². The molecule has 1 saturated carbocycles.